The summed E-state index contributed by atoms with van der Waals surface area (Å²) in [7, 11) is 0. The van der Waals surface area contributed by atoms with Crippen molar-refractivity contribution < 1.29 is 13.2 Å². The minimum Gasteiger partial charge on any atom is -0.327 e. The van der Waals surface area contributed by atoms with Crippen LogP contribution in [0.1, 0.15) is 26.2 Å². The molecule has 1 atom stereocenters. The van der Waals surface area contributed by atoms with Crippen LogP contribution in [0, 0.1) is 5.41 Å². The molecule has 1 fully saturated rings. The highest BCUT2D eigenvalue weighted by molar-refractivity contribution is 8.00. The zero-order valence-electron chi connectivity index (χ0n) is 7.53. The van der Waals surface area contributed by atoms with Gasteiger partial charge in [0.05, 0.1) is 0 Å². The molecule has 0 aliphatic heterocycles. The third kappa shape index (κ3) is 3.38. The highest BCUT2D eigenvalue weighted by Crippen LogP contribution is 2.52. The van der Waals surface area contributed by atoms with Gasteiger partial charge in [0, 0.05) is 11.8 Å². The lowest BCUT2D eigenvalue weighted by Crippen LogP contribution is -2.28. The van der Waals surface area contributed by atoms with E-state index in [4.69, 9.17) is 5.73 Å². The topological polar surface area (TPSA) is 26.0 Å². The number of hydrogen-bond donors (Lipinski definition) is 1. The van der Waals surface area contributed by atoms with Crippen LogP contribution in [-0.2, 0) is 0 Å². The molecule has 0 aromatic rings. The zero-order chi connectivity index (χ0) is 10.1. The van der Waals surface area contributed by atoms with Crippen molar-refractivity contribution in [2.45, 2.75) is 37.7 Å². The second-order valence-corrected chi connectivity index (χ2v) is 4.86. The number of nitrogens with two attached hydrogens (primary N) is 1. The van der Waals surface area contributed by atoms with Crippen LogP contribution >= 0.6 is 11.8 Å². The van der Waals surface area contributed by atoms with Crippen molar-refractivity contribution in [2.24, 2.45) is 11.1 Å². The fraction of sp³-hybridized carbons (Fsp3) is 1.00. The lowest BCUT2D eigenvalue weighted by Gasteiger charge is -2.19. The highest BCUT2D eigenvalue weighted by Gasteiger charge is 2.45. The first kappa shape index (κ1) is 11.2. The van der Waals surface area contributed by atoms with Gasteiger partial charge in [-0.15, -0.1) is 0 Å². The van der Waals surface area contributed by atoms with Crippen LogP contribution in [0.2, 0.25) is 0 Å². The molecule has 0 bridgehead atoms. The van der Waals surface area contributed by atoms with E-state index in [-0.39, 0.29) is 29.0 Å². The van der Waals surface area contributed by atoms with Gasteiger partial charge in [0.1, 0.15) is 0 Å². The van der Waals surface area contributed by atoms with Crippen LogP contribution in [0.5, 0.6) is 0 Å². The predicted octanol–water partition coefficient (Wildman–Crippen LogP) is 2.76. The molecule has 1 unspecified atom stereocenters. The SMILES string of the molecule is CC(N)C1(CCSC(F)(F)F)CC1. The van der Waals surface area contributed by atoms with E-state index in [0.29, 0.717) is 6.42 Å². The van der Waals surface area contributed by atoms with Gasteiger partial charge in [-0.3, -0.25) is 0 Å². The van der Waals surface area contributed by atoms with Gasteiger partial charge in [-0.1, -0.05) is 11.8 Å². The number of hydrogen-bond acceptors (Lipinski definition) is 2. The Morgan fingerprint density at radius 2 is 2.00 bits per heavy atom. The van der Waals surface area contributed by atoms with Crippen molar-refractivity contribution in [3.63, 3.8) is 0 Å². The van der Waals surface area contributed by atoms with E-state index >= 15 is 0 Å². The highest BCUT2D eigenvalue weighted by atomic mass is 32.2. The normalized spacial score (nSPS) is 22.8. The molecule has 1 aliphatic carbocycles. The maximum absolute atomic E-state index is 11.8. The number of alkyl halides is 3. The second kappa shape index (κ2) is 3.69. The molecule has 0 aromatic carbocycles. The zero-order valence-corrected chi connectivity index (χ0v) is 8.34. The van der Waals surface area contributed by atoms with Crippen molar-refractivity contribution in [2.75, 3.05) is 5.75 Å². The van der Waals surface area contributed by atoms with Gasteiger partial charge >= 0.3 is 5.51 Å². The molecule has 5 heteroatoms. The van der Waals surface area contributed by atoms with Crippen LogP contribution in [0.4, 0.5) is 13.2 Å². The summed E-state index contributed by atoms with van der Waals surface area (Å²) in [5, 5.41) is 0. The van der Waals surface area contributed by atoms with Gasteiger partial charge in [-0.05, 0) is 31.6 Å². The summed E-state index contributed by atoms with van der Waals surface area (Å²) in [4.78, 5) is 0. The molecule has 0 aromatic heterocycles. The summed E-state index contributed by atoms with van der Waals surface area (Å²) in [6, 6.07) is 0.0290. The third-order valence-corrected chi connectivity index (χ3v) is 3.46. The van der Waals surface area contributed by atoms with Crippen LogP contribution in [0.15, 0.2) is 0 Å². The molecule has 0 heterocycles. The smallest absolute Gasteiger partial charge is 0.327 e. The predicted molar refractivity (Wildman–Crippen MR) is 48.4 cm³/mol. The van der Waals surface area contributed by atoms with Gasteiger partial charge < -0.3 is 5.73 Å². The molecule has 1 rings (SSSR count). The summed E-state index contributed by atoms with van der Waals surface area (Å²) in [5.74, 6) is 0.144. The molecule has 78 valence electrons. The first-order chi connectivity index (χ1) is 5.86. The average Bonchev–Trinajstić information content (AvgIpc) is 2.65. The van der Waals surface area contributed by atoms with E-state index in [0.717, 1.165) is 12.8 Å². The van der Waals surface area contributed by atoms with E-state index < -0.39 is 5.51 Å². The summed E-state index contributed by atoms with van der Waals surface area (Å²) >= 11 is 0.0623. The molecular weight excluding hydrogens is 199 g/mol. The molecule has 1 aliphatic rings. The van der Waals surface area contributed by atoms with Crippen molar-refractivity contribution in [1.82, 2.24) is 0 Å². The Morgan fingerprint density at radius 1 is 1.46 bits per heavy atom. The fourth-order valence-corrected chi connectivity index (χ4v) is 2.20. The van der Waals surface area contributed by atoms with Crippen LogP contribution in [0.3, 0.4) is 0 Å². The Hall–Kier alpha value is 0.100. The van der Waals surface area contributed by atoms with Crippen LogP contribution in [-0.4, -0.2) is 17.3 Å². The summed E-state index contributed by atoms with van der Waals surface area (Å²) < 4.78 is 35.4. The van der Waals surface area contributed by atoms with E-state index in [1.807, 2.05) is 6.92 Å². The van der Waals surface area contributed by atoms with E-state index in [2.05, 4.69) is 0 Å². The second-order valence-electron chi connectivity index (χ2n) is 3.70. The van der Waals surface area contributed by atoms with Crippen molar-refractivity contribution in [1.29, 1.82) is 0 Å². The Morgan fingerprint density at radius 3 is 2.31 bits per heavy atom. The molecule has 1 nitrogen and oxygen atoms in total. The number of rotatable bonds is 4. The minimum atomic E-state index is -4.09. The van der Waals surface area contributed by atoms with Gasteiger partial charge in [-0.2, -0.15) is 13.2 Å². The quantitative estimate of drug-likeness (QED) is 0.777. The standard InChI is InChI=1S/C8H14F3NS/c1-6(12)7(2-3-7)4-5-13-8(9,10)11/h6H,2-5,12H2,1H3. The Kier molecular flexibility index (Phi) is 3.17. The first-order valence-corrected chi connectivity index (χ1v) is 5.31. The van der Waals surface area contributed by atoms with E-state index in [1.165, 1.54) is 0 Å². The maximum Gasteiger partial charge on any atom is 0.441 e. The summed E-state index contributed by atoms with van der Waals surface area (Å²) in [5.41, 5.74) is 1.63. The van der Waals surface area contributed by atoms with Crippen LogP contribution in [0.25, 0.3) is 0 Å². The van der Waals surface area contributed by atoms with Gasteiger partial charge in [-0.25, -0.2) is 0 Å². The van der Waals surface area contributed by atoms with E-state index in [9.17, 15) is 13.2 Å². The minimum absolute atomic E-state index is 0.0260. The van der Waals surface area contributed by atoms with Gasteiger partial charge in [0.15, 0.2) is 0 Å². The van der Waals surface area contributed by atoms with Crippen molar-refractivity contribution in [3.05, 3.63) is 0 Å². The van der Waals surface area contributed by atoms with Gasteiger partial charge in [0.2, 0.25) is 0 Å². The number of halogens is 3. The Balaban J connectivity index is 2.20. The molecule has 13 heavy (non-hydrogen) atoms. The van der Waals surface area contributed by atoms with Crippen molar-refractivity contribution in [3.8, 4) is 0 Å². The van der Waals surface area contributed by atoms with Gasteiger partial charge in [0.25, 0.3) is 0 Å². The largest absolute Gasteiger partial charge is 0.441 e. The monoisotopic (exact) mass is 213 g/mol. The lowest BCUT2D eigenvalue weighted by molar-refractivity contribution is -0.0328. The van der Waals surface area contributed by atoms with E-state index in [1.54, 1.807) is 0 Å². The molecule has 2 N–H and O–H groups in total. The summed E-state index contributed by atoms with van der Waals surface area (Å²) in [6.07, 6.45) is 2.57. The third-order valence-electron chi connectivity index (χ3n) is 2.72. The first-order valence-electron chi connectivity index (χ1n) is 4.32. The van der Waals surface area contributed by atoms with Crippen molar-refractivity contribution >= 4 is 11.8 Å². The molecule has 0 saturated heterocycles. The molecule has 1 saturated carbocycles. The molecule has 0 amide bonds. The molecule has 0 spiro atoms. The molecule has 0 radical (unpaired) electrons. The lowest BCUT2D eigenvalue weighted by atomic mass is 9.96. The number of thioether (sulfide) groups is 1. The fourth-order valence-electron chi connectivity index (χ4n) is 1.46. The average molecular weight is 213 g/mol. The molecular formula is C8H14F3NS. The maximum atomic E-state index is 11.8. The summed E-state index contributed by atoms with van der Waals surface area (Å²) in [6.45, 7) is 1.88. The Labute approximate surface area is 80.2 Å². The Bertz CT molecular complexity index is 175. The van der Waals surface area contributed by atoms with Crippen LogP contribution < -0.4 is 5.73 Å².